The number of anilines is 1. The molecule has 65 heavy (non-hydrogen) atoms. The molecular formula is C48H62N10O7. The Morgan fingerprint density at radius 1 is 1.08 bits per heavy atom. The number of aromatic amines is 1. The lowest BCUT2D eigenvalue weighted by atomic mass is 9.70. The SMILES string of the molecule is CCc1cc2c(cc1N1CCN(C(=O)CCCN3C[C@H](NC(=O)[C@@H](CCCn4ccnc4[N+](=O)[O-])NC(=O)OC(C)(C)C)C(C)(C)C3)CC1)C(C)(C)c1[nH]c3cc(C#N)ccc3c1C2=O. The fraction of sp³-hybridized carbons (Fsp3) is 0.542. The van der Waals surface area contributed by atoms with Crippen LogP contribution in [-0.2, 0) is 32.7 Å². The highest BCUT2D eigenvalue weighted by atomic mass is 16.6. The Hall–Kier alpha value is -6.28. The second-order valence-corrected chi connectivity index (χ2v) is 19.9. The molecule has 2 aromatic heterocycles. The second kappa shape index (κ2) is 18.3. The van der Waals surface area contributed by atoms with Gasteiger partial charge in [0.2, 0.25) is 11.8 Å². The molecule has 0 radical (unpaired) electrons. The van der Waals surface area contributed by atoms with E-state index < -0.39 is 28.1 Å². The van der Waals surface area contributed by atoms with Crippen molar-refractivity contribution in [3.63, 3.8) is 0 Å². The van der Waals surface area contributed by atoms with Gasteiger partial charge >= 0.3 is 12.0 Å². The summed E-state index contributed by atoms with van der Waals surface area (Å²) in [4.78, 5) is 78.9. The van der Waals surface area contributed by atoms with Crippen LogP contribution in [0.2, 0.25) is 0 Å². The highest BCUT2D eigenvalue weighted by molar-refractivity contribution is 6.20. The molecule has 4 aromatic rings. The molecule has 0 unspecified atom stereocenters. The van der Waals surface area contributed by atoms with Gasteiger partial charge in [-0.1, -0.05) is 45.7 Å². The number of aryl methyl sites for hydroxylation is 2. The van der Waals surface area contributed by atoms with Crippen LogP contribution in [0.15, 0.2) is 42.7 Å². The van der Waals surface area contributed by atoms with Gasteiger partial charge in [-0.25, -0.2) is 9.36 Å². The monoisotopic (exact) mass is 890 g/mol. The van der Waals surface area contributed by atoms with Crippen LogP contribution in [0, 0.1) is 26.9 Å². The zero-order valence-corrected chi connectivity index (χ0v) is 38.9. The number of hydrogen-bond donors (Lipinski definition) is 3. The predicted octanol–water partition coefficient (Wildman–Crippen LogP) is 6.21. The van der Waals surface area contributed by atoms with Crippen molar-refractivity contribution in [2.75, 3.05) is 50.7 Å². The van der Waals surface area contributed by atoms with E-state index in [-0.39, 0.29) is 48.0 Å². The Kier molecular flexibility index (Phi) is 13.2. The van der Waals surface area contributed by atoms with Crippen LogP contribution in [0.25, 0.3) is 10.9 Å². The van der Waals surface area contributed by atoms with Crippen molar-refractivity contribution in [2.45, 2.75) is 117 Å². The van der Waals surface area contributed by atoms with Gasteiger partial charge < -0.3 is 45.2 Å². The third-order valence-corrected chi connectivity index (χ3v) is 13.2. The summed E-state index contributed by atoms with van der Waals surface area (Å²) in [5.74, 6) is -0.538. The van der Waals surface area contributed by atoms with Crippen molar-refractivity contribution in [1.82, 2.24) is 35.0 Å². The minimum atomic E-state index is -0.929. The van der Waals surface area contributed by atoms with Gasteiger partial charge in [-0.15, -0.1) is 0 Å². The van der Waals surface area contributed by atoms with Gasteiger partial charge in [0.25, 0.3) is 0 Å². The minimum absolute atomic E-state index is 0.00719. The summed E-state index contributed by atoms with van der Waals surface area (Å²) in [5, 5.41) is 27.5. The summed E-state index contributed by atoms with van der Waals surface area (Å²) in [6, 6.07) is 10.7. The summed E-state index contributed by atoms with van der Waals surface area (Å²) in [6.07, 6.45) is 4.55. The summed E-state index contributed by atoms with van der Waals surface area (Å²) < 4.78 is 6.85. The molecule has 7 rings (SSSR count). The molecule has 2 saturated heterocycles. The summed E-state index contributed by atoms with van der Waals surface area (Å²) in [7, 11) is 0. The van der Waals surface area contributed by atoms with Crippen LogP contribution in [-0.4, -0.2) is 116 Å². The Bertz CT molecular complexity index is 2540. The lowest BCUT2D eigenvalue weighted by molar-refractivity contribution is -0.396. The van der Waals surface area contributed by atoms with E-state index in [4.69, 9.17) is 4.74 Å². The molecular weight excluding hydrogens is 829 g/mol. The number of carbonyl (C=O) groups excluding carboxylic acids is 4. The Morgan fingerprint density at radius 2 is 1.82 bits per heavy atom. The lowest BCUT2D eigenvalue weighted by Crippen LogP contribution is -2.53. The van der Waals surface area contributed by atoms with Crippen LogP contribution in [0.3, 0.4) is 0 Å². The molecule has 3 aliphatic rings. The van der Waals surface area contributed by atoms with Crippen molar-refractivity contribution in [1.29, 1.82) is 5.26 Å². The number of carbonyl (C=O) groups is 4. The molecule has 17 heteroatoms. The minimum Gasteiger partial charge on any atom is -0.444 e. The highest BCUT2D eigenvalue weighted by Crippen LogP contribution is 2.46. The highest BCUT2D eigenvalue weighted by Gasteiger charge is 2.42. The number of imidazole rings is 1. The molecule has 0 spiro atoms. The van der Waals surface area contributed by atoms with E-state index >= 15 is 0 Å². The van der Waals surface area contributed by atoms with E-state index in [2.05, 4.69) is 83.2 Å². The number of nitrogens with zero attached hydrogens (tertiary/aromatic N) is 7. The van der Waals surface area contributed by atoms with Gasteiger partial charge in [-0.2, -0.15) is 5.26 Å². The lowest BCUT2D eigenvalue weighted by Gasteiger charge is -2.39. The van der Waals surface area contributed by atoms with Crippen LogP contribution in [0.4, 0.5) is 16.4 Å². The molecule has 3 N–H and O–H groups in total. The van der Waals surface area contributed by atoms with Crippen molar-refractivity contribution in [3.8, 4) is 6.07 Å². The van der Waals surface area contributed by atoms with Crippen LogP contribution in [0.5, 0.6) is 0 Å². The molecule has 3 amide bonds. The van der Waals surface area contributed by atoms with Gasteiger partial charge in [0.15, 0.2) is 5.78 Å². The number of nitriles is 1. The maximum atomic E-state index is 14.1. The number of amides is 3. The molecule has 4 heterocycles. The molecule has 0 bridgehead atoms. The number of nitrogens with one attached hydrogen (secondary N) is 3. The van der Waals surface area contributed by atoms with Crippen LogP contribution >= 0.6 is 0 Å². The predicted molar refractivity (Wildman–Crippen MR) is 246 cm³/mol. The van der Waals surface area contributed by atoms with E-state index in [1.165, 1.54) is 17.0 Å². The first-order valence-electron chi connectivity index (χ1n) is 22.7. The molecule has 2 aliphatic heterocycles. The standard InChI is InChI=1S/C48H62N10O7/c1-9-31-25-33-34(48(7,8)42-40(41(33)60)32-15-14-30(27-49)24-36(32)51-42)26-37(31)55-20-22-56(23-21-55)39(59)13-11-17-54-28-38(47(5,6)29-54)53-43(61)35(52-45(62)65-46(2,3)4)12-10-18-57-19-16-50-44(57)58(63)64/h14-16,19,24-26,35,38,51H,9-13,17-18,20-23,28-29H2,1-8H3,(H,52,62)(H,53,61)/t35-,38+/m1/s1. The number of benzene rings is 2. The number of ketones is 1. The average molecular weight is 891 g/mol. The fourth-order valence-electron chi connectivity index (χ4n) is 9.74. The van der Waals surface area contributed by atoms with E-state index in [9.17, 15) is 34.6 Å². The average Bonchev–Trinajstić information content (AvgIpc) is 3.96. The van der Waals surface area contributed by atoms with Crippen molar-refractivity contribution in [3.05, 3.63) is 86.4 Å². The number of nitro groups is 1. The molecule has 1 aliphatic carbocycles. The molecule has 346 valence electrons. The Labute approximate surface area is 380 Å². The number of alkyl carbamates (subject to hydrolysis) is 1. The first-order chi connectivity index (χ1) is 30.7. The normalized spacial score (nSPS) is 18.4. The number of likely N-dealkylation sites (tertiary alicyclic amines) is 1. The summed E-state index contributed by atoms with van der Waals surface area (Å²) in [6.45, 7) is 20.5. The fourth-order valence-corrected chi connectivity index (χ4v) is 9.74. The largest absolute Gasteiger partial charge is 0.444 e. The Balaban J connectivity index is 0.923. The number of hydrogen-bond acceptors (Lipinski definition) is 11. The van der Waals surface area contributed by atoms with E-state index in [0.717, 1.165) is 39.8 Å². The number of rotatable bonds is 14. The molecule has 2 atom stereocenters. The van der Waals surface area contributed by atoms with Crippen molar-refractivity contribution >= 4 is 46.2 Å². The third kappa shape index (κ3) is 9.87. The quantitative estimate of drug-likeness (QED) is 0.0958. The van der Waals surface area contributed by atoms with Gasteiger partial charge in [0.1, 0.15) is 24.0 Å². The first-order valence-corrected chi connectivity index (χ1v) is 22.7. The maximum absolute atomic E-state index is 14.1. The zero-order valence-electron chi connectivity index (χ0n) is 38.9. The third-order valence-electron chi connectivity index (χ3n) is 13.2. The number of fused-ring (bicyclic) bond motifs is 4. The van der Waals surface area contributed by atoms with Gasteiger partial charge in [0.05, 0.1) is 23.7 Å². The molecule has 17 nitrogen and oxygen atoms in total. The first kappa shape index (κ1) is 46.7. The summed E-state index contributed by atoms with van der Waals surface area (Å²) >= 11 is 0. The number of H-pyrrole nitrogens is 1. The van der Waals surface area contributed by atoms with Crippen molar-refractivity contribution in [2.24, 2.45) is 5.41 Å². The second-order valence-electron chi connectivity index (χ2n) is 19.9. The Morgan fingerprint density at radius 3 is 2.49 bits per heavy atom. The van der Waals surface area contributed by atoms with E-state index in [1.807, 2.05) is 11.0 Å². The van der Waals surface area contributed by atoms with Gasteiger partial charge in [0, 0.05) is 85.0 Å². The number of aromatic nitrogens is 3. The van der Waals surface area contributed by atoms with Crippen LogP contribution < -0.4 is 15.5 Å². The van der Waals surface area contributed by atoms with E-state index in [0.29, 0.717) is 81.8 Å². The van der Waals surface area contributed by atoms with Gasteiger partial charge in [-0.3, -0.25) is 14.4 Å². The zero-order chi connectivity index (χ0) is 47.0. The van der Waals surface area contributed by atoms with E-state index in [1.54, 1.807) is 32.9 Å². The van der Waals surface area contributed by atoms with Crippen LogP contribution in [0.1, 0.15) is 119 Å². The number of piperazine rings is 1. The summed E-state index contributed by atoms with van der Waals surface area (Å²) in [5.41, 5.74) is 5.17. The topological polar surface area (TPSA) is 212 Å². The van der Waals surface area contributed by atoms with Crippen molar-refractivity contribution < 1.29 is 28.8 Å². The maximum Gasteiger partial charge on any atom is 0.434 e. The molecule has 2 fully saturated rings. The molecule has 2 aromatic carbocycles. The smallest absolute Gasteiger partial charge is 0.434 e. The molecule has 0 saturated carbocycles. The van der Waals surface area contributed by atoms with Gasteiger partial charge in [-0.05, 0) is 98.7 Å². The number of ether oxygens (including phenoxy) is 1.